The first-order valence-corrected chi connectivity index (χ1v) is 10.4. The number of aromatic nitrogens is 1. The topological polar surface area (TPSA) is 101 Å². The van der Waals surface area contributed by atoms with Crippen LogP contribution in [0.2, 0.25) is 0 Å². The van der Waals surface area contributed by atoms with Gasteiger partial charge in [-0.3, -0.25) is 15.1 Å². The Morgan fingerprint density at radius 1 is 1.10 bits per heavy atom. The van der Waals surface area contributed by atoms with Gasteiger partial charge in [-0.15, -0.1) is 0 Å². The predicted octanol–water partition coefficient (Wildman–Crippen LogP) is 4.94. The number of carbonyl (C=O) groups excluding carboxylic acids is 2. The number of rotatable bonds is 7. The number of benzene rings is 2. The van der Waals surface area contributed by atoms with Crippen molar-refractivity contribution in [2.45, 2.75) is 19.4 Å². The molecular weight excluding hydrogens is 462 g/mol. The lowest BCUT2D eigenvalue weighted by atomic mass is 10.1. The fourth-order valence-electron chi connectivity index (χ4n) is 2.83. The number of hydrogen-bond donors (Lipinski definition) is 3. The van der Waals surface area contributed by atoms with Gasteiger partial charge in [0, 0.05) is 23.0 Å². The number of carbonyl (C=O) groups is 2. The summed E-state index contributed by atoms with van der Waals surface area (Å²) in [5, 5.41) is 14.4. The molecule has 0 aliphatic heterocycles. The maximum absolute atomic E-state index is 12.3. The third kappa shape index (κ3) is 6.37. The second-order valence-electron chi connectivity index (χ2n) is 6.75. The van der Waals surface area contributed by atoms with E-state index in [0.717, 1.165) is 11.1 Å². The standard InChI is InChI=1S/C23H22BrN3O4/c1-15(31-23(30)26-18-8-5-16(6-9-18)11-13-28)17-7-10-20(19(24)14-17)27-22(29)21-4-2-3-12-25-21/h2-10,12,14-15,28H,11,13H2,1H3,(H,26,30)(H,27,29). The molecule has 2 amide bonds. The van der Waals surface area contributed by atoms with Gasteiger partial charge < -0.3 is 15.2 Å². The smallest absolute Gasteiger partial charge is 0.412 e. The minimum atomic E-state index is -0.578. The molecule has 8 heteroatoms. The van der Waals surface area contributed by atoms with Crippen LogP contribution in [-0.4, -0.2) is 28.7 Å². The van der Waals surface area contributed by atoms with Crippen LogP contribution < -0.4 is 10.6 Å². The second-order valence-corrected chi connectivity index (χ2v) is 7.61. The number of anilines is 2. The highest BCUT2D eigenvalue weighted by Crippen LogP contribution is 2.28. The van der Waals surface area contributed by atoms with E-state index in [9.17, 15) is 9.59 Å². The monoisotopic (exact) mass is 483 g/mol. The van der Waals surface area contributed by atoms with Gasteiger partial charge in [-0.2, -0.15) is 0 Å². The first kappa shape index (κ1) is 22.5. The number of aliphatic hydroxyl groups is 1. The van der Waals surface area contributed by atoms with Crippen LogP contribution in [0.25, 0.3) is 0 Å². The third-order valence-corrected chi connectivity index (χ3v) is 5.15. The molecule has 1 unspecified atom stereocenters. The number of amides is 2. The first-order chi connectivity index (χ1) is 15.0. The van der Waals surface area contributed by atoms with Crippen molar-refractivity contribution in [2.24, 2.45) is 0 Å². The van der Waals surface area contributed by atoms with Crippen molar-refractivity contribution in [3.05, 3.63) is 88.2 Å². The van der Waals surface area contributed by atoms with Gasteiger partial charge in [0.05, 0.1) is 5.69 Å². The molecule has 0 saturated carbocycles. The summed E-state index contributed by atoms with van der Waals surface area (Å²) in [5.41, 5.74) is 3.24. The van der Waals surface area contributed by atoms with E-state index in [2.05, 4.69) is 31.5 Å². The molecule has 0 aliphatic carbocycles. The zero-order chi connectivity index (χ0) is 22.2. The van der Waals surface area contributed by atoms with Gasteiger partial charge in [0.25, 0.3) is 5.91 Å². The van der Waals surface area contributed by atoms with E-state index in [4.69, 9.17) is 9.84 Å². The van der Waals surface area contributed by atoms with Gasteiger partial charge in [0.1, 0.15) is 11.8 Å². The van der Waals surface area contributed by atoms with E-state index in [1.54, 1.807) is 61.7 Å². The Hall–Kier alpha value is -3.23. The molecule has 0 aliphatic rings. The number of hydrogen-bond acceptors (Lipinski definition) is 5. The van der Waals surface area contributed by atoms with Crippen molar-refractivity contribution >= 4 is 39.3 Å². The van der Waals surface area contributed by atoms with Crippen LogP contribution in [0.5, 0.6) is 0 Å². The Morgan fingerprint density at radius 2 is 1.87 bits per heavy atom. The molecule has 160 valence electrons. The fourth-order valence-corrected chi connectivity index (χ4v) is 3.32. The molecule has 0 saturated heterocycles. The molecule has 1 atom stereocenters. The molecule has 31 heavy (non-hydrogen) atoms. The van der Waals surface area contributed by atoms with Gasteiger partial charge in [-0.05, 0) is 76.8 Å². The van der Waals surface area contributed by atoms with E-state index >= 15 is 0 Å². The summed E-state index contributed by atoms with van der Waals surface area (Å²) in [7, 11) is 0. The molecule has 3 rings (SSSR count). The molecule has 7 nitrogen and oxygen atoms in total. The largest absolute Gasteiger partial charge is 0.441 e. The summed E-state index contributed by atoms with van der Waals surface area (Å²) in [5.74, 6) is -0.317. The average Bonchev–Trinajstić information content (AvgIpc) is 2.77. The Labute approximate surface area is 188 Å². The van der Waals surface area contributed by atoms with Crippen molar-refractivity contribution in [3.63, 3.8) is 0 Å². The van der Waals surface area contributed by atoms with Crippen LogP contribution >= 0.6 is 15.9 Å². The first-order valence-electron chi connectivity index (χ1n) is 9.65. The lowest BCUT2D eigenvalue weighted by Crippen LogP contribution is -2.16. The van der Waals surface area contributed by atoms with Crippen LogP contribution in [0, 0.1) is 0 Å². The Bertz CT molecular complexity index is 1040. The molecule has 1 heterocycles. The number of nitrogens with zero attached hydrogens (tertiary/aromatic N) is 1. The number of nitrogens with one attached hydrogen (secondary N) is 2. The summed E-state index contributed by atoms with van der Waals surface area (Å²) >= 11 is 3.45. The maximum Gasteiger partial charge on any atom is 0.412 e. The van der Waals surface area contributed by atoms with Gasteiger partial charge in [0.2, 0.25) is 0 Å². The van der Waals surface area contributed by atoms with E-state index in [1.807, 2.05) is 12.1 Å². The van der Waals surface area contributed by atoms with E-state index in [0.29, 0.717) is 28.0 Å². The number of aliphatic hydroxyl groups excluding tert-OH is 1. The summed E-state index contributed by atoms with van der Waals surface area (Å²) in [6.45, 7) is 1.84. The number of pyridine rings is 1. The molecule has 1 aromatic heterocycles. The summed E-state index contributed by atoms with van der Waals surface area (Å²) in [4.78, 5) is 28.5. The Morgan fingerprint density at radius 3 is 2.52 bits per heavy atom. The summed E-state index contributed by atoms with van der Waals surface area (Å²) in [6, 6.07) is 17.6. The molecule has 0 fully saturated rings. The van der Waals surface area contributed by atoms with Crippen LogP contribution in [0.3, 0.4) is 0 Å². The molecule has 0 radical (unpaired) electrons. The zero-order valence-electron chi connectivity index (χ0n) is 16.8. The summed E-state index contributed by atoms with van der Waals surface area (Å²) < 4.78 is 6.11. The van der Waals surface area contributed by atoms with E-state index < -0.39 is 12.2 Å². The highest BCUT2D eigenvalue weighted by Gasteiger charge is 2.15. The van der Waals surface area contributed by atoms with Crippen molar-refractivity contribution < 1.29 is 19.4 Å². The summed E-state index contributed by atoms with van der Waals surface area (Å²) in [6.07, 6.45) is 1.03. The van der Waals surface area contributed by atoms with Crippen LogP contribution in [0.4, 0.5) is 16.2 Å². The van der Waals surface area contributed by atoms with Gasteiger partial charge in [-0.25, -0.2) is 4.79 Å². The molecule has 0 spiro atoms. The Kier molecular flexibility index (Phi) is 7.75. The molecule has 2 aromatic carbocycles. The van der Waals surface area contributed by atoms with Gasteiger partial charge in [-0.1, -0.05) is 24.3 Å². The van der Waals surface area contributed by atoms with Crippen LogP contribution in [0.1, 0.15) is 34.6 Å². The van der Waals surface area contributed by atoms with Gasteiger partial charge >= 0.3 is 6.09 Å². The average molecular weight is 484 g/mol. The normalized spacial score (nSPS) is 11.5. The minimum absolute atomic E-state index is 0.0769. The van der Waals surface area contributed by atoms with Crippen molar-refractivity contribution in [1.82, 2.24) is 4.98 Å². The lowest BCUT2D eigenvalue weighted by Gasteiger charge is -2.16. The molecule has 3 aromatic rings. The van der Waals surface area contributed by atoms with E-state index in [1.165, 1.54) is 0 Å². The van der Waals surface area contributed by atoms with Crippen LogP contribution in [0.15, 0.2) is 71.3 Å². The molecule has 0 bridgehead atoms. The van der Waals surface area contributed by atoms with Crippen LogP contribution in [-0.2, 0) is 11.2 Å². The van der Waals surface area contributed by atoms with E-state index in [-0.39, 0.29) is 12.5 Å². The maximum atomic E-state index is 12.3. The minimum Gasteiger partial charge on any atom is -0.441 e. The van der Waals surface area contributed by atoms with Crippen molar-refractivity contribution in [3.8, 4) is 0 Å². The SMILES string of the molecule is CC(OC(=O)Nc1ccc(CCO)cc1)c1ccc(NC(=O)c2ccccn2)c(Br)c1. The second kappa shape index (κ2) is 10.7. The highest BCUT2D eigenvalue weighted by molar-refractivity contribution is 9.10. The number of halogens is 1. The fraction of sp³-hybridized carbons (Fsp3) is 0.174. The third-order valence-electron chi connectivity index (χ3n) is 4.49. The Balaban J connectivity index is 1.58. The molecule has 3 N–H and O–H groups in total. The highest BCUT2D eigenvalue weighted by atomic mass is 79.9. The molecular formula is C23H22BrN3O4. The number of ether oxygens (including phenoxy) is 1. The van der Waals surface area contributed by atoms with Crippen molar-refractivity contribution in [1.29, 1.82) is 0 Å². The van der Waals surface area contributed by atoms with Gasteiger partial charge in [0.15, 0.2) is 0 Å². The van der Waals surface area contributed by atoms with Crippen molar-refractivity contribution in [2.75, 3.05) is 17.2 Å². The zero-order valence-corrected chi connectivity index (χ0v) is 18.4. The predicted molar refractivity (Wildman–Crippen MR) is 122 cm³/mol. The lowest BCUT2D eigenvalue weighted by molar-refractivity contribution is 0.102. The quantitative estimate of drug-likeness (QED) is 0.441.